The molecule has 2 aromatic rings. The van der Waals surface area contributed by atoms with Gasteiger partial charge in [0.05, 0.1) is 5.56 Å². The number of H-pyrrole nitrogens is 1. The predicted octanol–water partition coefficient (Wildman–Crippen LogP) is 2.13. The van der Waals surface area contributed by atoms with Gasteiger partial charge in [0.2, 0.25) is 0 Å². The average molecular weight is 286 g/mol. The van der Waals surface area contributed by atoms with Gasteiger partial charge in [-0.3, -0.25) is 9.59 Å². The summed E-state index contributed by atoms with van der Waals surface area (Å²) in [6, 6.07) is 10.7. The first-order chi connectivity index (χ1) is 10.1. The van der Waals surface area contributed by atoms with E-state index in [0.717, 1.165) is 18.1 Å². The summed E-state index contributed by atoms with van der Waals surface area (Å²) in [6.45, 7) is 3.02. The molecule has 21 heavy (non-hydrogen) atoms. The quantitative estimate of drug-likeness (QED) is 0.884. The standard InChI is InChI=1S/C16H18N2O3/c1-2-8-18(11-12-6-4-3-5-7-12)16(21)13-10-17-15(20)9-14(13)19/h3-7,9-10H,2,8,11H2,1H3,(H2,17,19,20). The first kappa shape index (κ1) is 14.8. The Morgan fingerprint density at radius 3 is 2.62 bits per heavy atom. The van der Waals surface area contributed by atoms with E-state index >= 15 is 0 Å². The van der Waals surface area contributed by atoms with Gasteiger partial charge in [0.25, 0.3) is 11.5 Å². The van der Waals surface area contributed by atoms with Crippen LogP contribution in [0, 0.1) is 0 Å². The summed E-state index contributed by atoms with van der Waals surface area (Å²) >= 11 is 0. The lowest BCUT2D eigenvalue weighted by molar-refractivity contribution is 0.0739. The van der Waals surface area contributed by atoms with Crippen LogP contribution in [0.2, 0.25) is 0 Å². The molecule has 0 bridgehead atoms. The van der Waals surface area contributed by atoms with Crippen LogP contribution < -0.4 is 5.56 Å². The third-order valence-electron chi connectivity index (χ3n) is 3.13. The third-order valence-corrected chi connectivity index (χ3v) is 3.13. The lowest BCUT2D eigenvalue weighted by Gasteiger charge is -2.22. The summed E-state index contributed by atoms with van der Waals surface area (Å²) in [7, 11) is 0. The van der Waals surface area contributed by atoms with Crippen molar-refractivity contribution in [1.82, 2.24) is 9.88 Å². The maximum Gasteiger partial charge on any atom is 0.259 e. The fourth-order valence-electron chi connectivity index (χ4n) is 2.13. The van der Waals surface area contributed by atoms with E-state index in [-0.39, 0.29) is 17.2 Å². The highest BCUT2D eigenvalue weighted by Gasteiger charge is 2.19. The van der Waals surface area contributed by atoms with Gasteiger partial charge in [0.15, 0.2) is 0 Å². The smallest absolute Gasteiger partial charge is 0.259 e. The first-order valence-electron chi connectivity index (χ1n) is 6.86. The van der Waals surface area contributed by atoms with Crippen molar-refractivity contribution in [2.45, 2.75) is 19.9 Å². The number of nitrogens with zero attached hydrogens (tertiary/aromatic N) is 1. The summed E-state index contributed by atoms with van der Waals surface area (Å²) < 4.78 is 0. The molecule has 5 heteroatoms. The van der Waals surface area contributed by atoms with Crippen LogP contribution in [-0.4, -0.2) is 27.4 Å². The highest BCUT2D eigenvalue weighted by molar-refractivity contribution is 5.96. The molecule has 1 heterocycles. The van der Waals surface area contributed by atoms with E-state index in [1.807, 2.05) is 37.3 Å². The number of aromatic nitrogens is 1. The number of nitrogens with one attached hydrogen (secondary N) is 1. The van der Waals surface area contributed by atoms with Gasteiger partial charge in [-0.05, 0) is 12.0 Å². The maximum atomic E-state index is 12.5. The van der Waals surface area contributed by atoms with Gasteiger partial charge in [-0.1, -0.05) is 37.3 Å². The van der Waals surface area contributed by atoms with Crippen LogP contribution >= 0.6 is 0 Å². The Labute approximate surface area is 122 Å². The van der Waals surface area contributed by atoms with E-state index in [4.69, 9.17) is 0 Å². The number of pyridine rings is 1. The zero-order chi connectivity index (χ0) is 15.2. The van der Waals surface area contributed by atoms with Crippen molar-refractivity contribution in [3.05, 3.63) is 64.1 Å². The van der Waals surface area contributed by atoms with E-state index in [9.17, 15) is 14.7 Å². The van der Waals surface area contributed by atoms with Crippen molar-refractivity contribution in [2.24, 2.45) is 0 Å². The van der Waals surface area contributed by atoms with Gasteiger partial charge in [-0.15, -0.1) is 0 Å². The number of aromatic hydroxyl groups is 1. The van der Waals surface area contributed by atoms with Gasteiger partial charge in [0.1, 0.15) is 5.75 Å². The Kier molecular flexibility index (Phi) is 4.77. The molecule has 0 unspecified atom stereocenters. The van der Waals surface area contributed by atoms with Crippen molar-refractivity contribution in [1.29, 1.82) is 0 Å². The van der Waals surface area contributed by atoms with Gasteiger partial charge in [-0.2, -0.15) is 0 Å². The Balaban J connectivity index is 2.25. The zero-order valence-electron chi connectivity index (χ0n) is 11.9. The lowest BCUT2D eigenvalue weighted by atomic mass is 10.1. The van der Waals surface area contributed by atoms with Crippen LogP contribution in [0.15, 0.2) is 47.4 Å². The molecule has 1 amide bonds. The van der Waals surface area contributed by atoms with Gasteiger partial charge in [-0.25, -0.2) is 0 Å². The van der Waals surface area contributed by atoms with Crippen molar-refractivity contribution < 1.29 is 9.90 Å². The Morgan fingerprint density at radius 1 is 1.29 bits per heavy atom. The Bertz CT molecular complexity index is 665. The average Bonchev–Trinajstić information content (AvgIpc) is 2.47. The minimum atomic E-state index is -0.436. The molecule has 0 atom stereocenters. The van der Waals surface area contributed by atoms with E-state index in [0.29, 0.717) is 13.1 Å². The highest BCUT2D eigenvalue weighted by Crippen LogP contribution is 2.17. The van der Waals surface area contributed by atoms with Crippen LogP contribution in [0.5, 0.6) is 5.75 Å². The Morgan fingerprint density at radius 2 is 2.00 bits per heavy atom. The van der Waals surface area contributed by atoms with Crippen LogP contribution in [0.3, 0.4) is 0 Å². The van der Waals surface area contributed by atoms with E-state index < -0.39 is 5.56 Å². The zero-order valence-corrected chi connectivity index (χ0v) is 11.9. The number of benzene rings is 1. The summed E-state index contributed by atoms with van der Waals surface area (Å²) in [5, 5.41) is 9.78. The van der Waals surface area contributed by atoms with E-state index in [1.54, 1.807) is 4.90 Å². The van der Waals surface area contributed by atoms with Crippen molar-refractivity contribution in [3.63, 3.8) is 0 Å². The molecule has 0 aliphatic heterocycles. The van der Waals surface area contributed by atoms with Gasteiger partial charge in [0, 0.05) is 25.4 Å². The van der Waals surface area contributed by atoms with Crippen molar-refractivity contribution in [3.8, 4) is 5.75 Å². The van der Waals surface area contributed by atoms with Gasteiger partial charge >= 0.3 is 0 Å². The molecule has 1 aromatic carbocycles. The van der Waals surface area contributed by atoms with Crippen LogP contribution in [0.4, 0.5) is 0 Å². The summed E-state index contributed by atoms with van der Waals surface area (Å²) in [6.07, 6.45) is 2.07. The van der Waals surface area contributed by atoms with Crippen LogP contribution in [-0.2, 0) is 6.54 Å². The van der Waals surface area contributed by atoms with E-state index in [1.165, 1.54) is 6.20 Å². The second-order valence-corrected chi connectivity index (χ2v) is 4.81. The maximum absolute atomic E-state index is 12.5. The van der Waals surface area contributed by atoms with Crippen molar-refractivity contribution >= 4 is 5.91 Å². The number of hydrogen-bond acceptors (Lipinski definition) is 3. The summed E-state index contributed by atoms with van der Waals surface area (Å²) in [4.78, 5) is 27.7. The number of hydrogen-bond donors (Lipinski definition) is 2. The molecule has 2 rings (SSSR count). The predicted molar refractivity (Wildman–Crippen MR) is 80.2 cm³/mol. The number of aromatic amines is 1. The molecule has 1 aromatic heterocycles. The monoisotopic (exact) mass is 286 g/mol. The van der Waals surface area contributed by atoms with E-state index in [2.05, 4.69) is 4.98 Å². The second-order valence-electron chi connectivity index (χ2n) is 4.81. The lowest BCUT2D eigenvalue weighted by Crippen LogP contribution is -2.31. The number of carbonyl (C=O) groups is 1. The molecule has 0 radical (unpaired) electrons. The largest absolute Gasteiger partial charge is 0.507 e. The summed E-state index contributed by atoms with van der Waals surface area (Å²) in [5.41, 5.74) is 0.691. The number of amides is 1. The molecular weight excluding hydrogens is 268 g/mol. The van der Waals surface area contributed by atoms with Crippen molar-refractivity contribution in [2.75, 3.05) is 6.54 Å². The molecule has 0 saturated heterocycles. The molecule has 0 aliphatic rings. The highest BCUT2D eigenvalue weighted by atomic mass is 16.3. The molecule has 0 fully saturated rings. The minimum absolute atomic E-state index is 0.110. The van der Waals surface area contributed by atoms with Crippen LogP contribution in [0.1, 0.15) is 29.3 Å². The summed E-state index contributed by atoms with van der Waals surface area (Å²) in [5.74, 6) is -0.590. The molecule has 5 nitrogen and oxygen atoms in total. The number of carbonyl (C=O) groups excluding carboxylic acids is 1. The first-order valence-corrected chi connectivity index (χ1v) is 6.86. The normalized spacial score (nSPS) is 10.3. The fraction of sp³-hybridized carbons (Fsp3) is 0.250. The molecule has 2 N–H and O–H groups in total. The topological polar surface area (TPSA) is 73.4 Å². The third kappa shape index (κ3) is 3.72. The minimum Gasteiger partial charge on any atom is -0.507 e. The molecule has 110 valence electrons. The second kappa shape index (κ2) is 6.74. The SMILES string of the molecule is CCCN(Cc1ccccc1)C(=O)c1c[nH]c(=O)cc1O. The number of rotatable bonds is 5. The molecule has 0 saturated carbocycles. The van der Waals surface area contributed by atoms with Gasteiger partial charge < -0.3 is 15.0 Å². The van der Waals surface area contributed by atoms with Crippen LogP contribution in [0.25, 0.3) is 0 Å². The molecular formula is C16H18N2O3. The fourth-order valence-corrected chi connectivity index (χ4v) is 2.13. The Hall–Kier alpha value is -2.56. The molecule has 0 spiro atoms. The molecule has 0 aliphatic carbocycles.